The van der Waals surface area contributed by atoms with Gasteiger partial charge in [-0.05, 0) is 30.0 Å². The van der Waals surface area contributed by atoms with Crippen LogP contribution in [-0.4, -0.2) is 4.98 Å². The molecule has 0 aliphatic heterocycles. The molecule has 3 rings (SSSR count). The summed E-state index contributed by atoms with van der Waals surface area (Å²) in [6.07, 6.45) is 1.90. The van der Waals surface area contributed by atoms with Crippen molar-refractivity contribution in [1.29, 1.82) is 0 Å². The highest BCUT2D eigenvalue weighted by Gasteiger charge is 2.08. The van der Waals surface area contributed by atoms with E-state index in [0.29, 0.717) is 6.54 Å². The summed E-state index contributed by atoms with van der Waals surface area (Å²) in [6.45, 7) is 2.54. The van der Waals surface area contributed by atoms with Gasteiger partial charge in [0, 0.05) is 29.4 Å². The van der Waals surface area contributed by atoms with Crippen LogP contribution in [0.3, 0.4) is 0 Å². The van der Waals surface area contributed by atoms with Crippen LogP contribution < -0.4 is 11.5 Å². The average Bonchev–Trinajstić information content (AvgIpc) is 2.47. The second kappa shape index (κ2) is 4.94. The molecule has 0 aliphatic rings. The molecule has 3 aromatic rings. The highest BCUT2D eigenvalue weighted by molar-refractivity contribution is 5.97. The molecule has 100 valence electrons. The molecule has 3 nitrogen and oxygen atoms in total. The van der Waals surface area contributed by atoms with E-state index in [1.807, 2.05) is 30.5 Å². The van der Waals surface area contributed by atoms with Crippen LogP contribution in [0, 0.1) is 6.92 Å². The summed E-state index contributed by atoms with van der Waals surface area (Å²) in [5.41, 5.74) is 16.7. The van der Waals surface area contributed by atoms with E-state index in [-0.39, 0.29) is 0 Å². The standard InChI is InChI=1S/C17H17N3/c1-11-2-7-14-15(8-11)16(10-20-17(14)9-18)12-3-5-13(19)6-4-12/h2-8,10H,9,18-19H2,1H3. The highest BCUT2D eigenvalue weighted by atomic mass is 14.7. The number of benzene rings is 2. The Balaban J connectivity index is 2.30. The second-order valence-electron chi connectivity index (χ2n) is 4.99. The maximum atomic E-state index is 5.78. The lowest BCUT2D eigenvalue weighted by Gasteiger charge is -2.11. The van der Waals surface area contributed by atoms with Gasteiger partial charge in [-0.1, -0.05) is 35.9 Å². The minimum Gasteiger partial charge on any atom is -0.399 e. The first-order chi connectivity index (χ1) is 9.69. The minimum absolute atomic E-state index is 0.446. The van der Waals surface area contributed by atoms with Crippen molar-refractivity contribution in [1.82, 2.24) is 4.98 Å². The van der Waals surface area contributed by atoms with Crippen molar-refractivity contribution < 1.29 is 0 Å². The molecule has 0 amide bonds. The van der Waals surface area contributed by atoms with Gasteiger partial charge in [-0.3, -0.25) is 4.98 Å². The third-order valence-corrected chi connectivity index (χ3v) is 3.54. The molecule has 20 heavy (non-hydrogen) atoms. The summed E-state index contributed by atoms with van der Waals surface area (Å²) in [5.74, 6) is 0. The topological polar surface area (TPSA) is 64.9 Å². The number of hydrogen-bond acceptors (Lipinski definition) is 3. The maximum absolute atomic E-state index is 5.78. The predicted octanol–water partition coefficient (Wildman–Crippen LogP) is 3.25. The zero-order chi connectivity index (χ0) is 14.1. The van der Waals surface area contributed by atoms with E-state index in [1.54, 1.807) is 0 Å². The Morgan fingerprint density at radius 1 is 1.00 bits per heavy atom. The van der Waals surface area contributed by atoms with Crippen LogP contribution in [0.25, 0.3) is 21.9 Å². The lowest BCUT2D eigenvalue weighted by Crippen LogP contribution is -2.01. The Hall–Kier alpha value is -2.39. The second-order valence-corrected chi connectivity index (χ2v) is 4.99. The normalized spacial score (nSPS) is 10.9. The molecule has 0 aliphatic carbocycles. The number of hydrogen-bond donors (Lipinski definition) is 2. The van der Waals surface area contributed by atoms with Gasteiger partial charge in [-0.15, -0.1) is 0 Å². The first kappa shape index (κ1) is 12.6. The van der Waals surface area contributed by atoms with Crippen molar-refractivity contribution in [2.24, 2.45) is 5.73 Å². The molecule has 0 radical (unpaired) electrons. The molecule has 3 heteroatoms. The molecular weight excluding hydrogens is 246 g/mol. The van der Waals surface area contributed by atoms with Gasteiger partial charge in [-0.25, -0.2) is 0 Å². The quantitative estimate of drug-likeness (QED) is 0.697. The summed E-state index contributed by atoms with van der Waals surface area (Å²) in [7, 11) is 0. The number of anilines is 1. The van der Waals surface area contributed by atoms with Crippen molar-refractivity contribution in [3.05, 3.63) is 59.9 Å². The van der Waals surface area contributed by atoms with Crippen LogP contribution >= 0.6 is 0 Å². The molecule has 0 spiro atoms. The van der Waals surface area contributed by atoms with Gasteiger partial charge < -0.3 is 11.5 Å². The van der Waals surface area contributed by atoms with Gasteiger partial charge in [0.05, 0.1) is 5.69 Å². The summed E-state index contributed by atoms with van der Waals surface area (Å²) in [5, 5.41) is 2.30. The lowest BCUT2D eigenvalue weighted by atomic mass is 9.97. The monoisotopic (exact) mass is 263 g/mol. The van der Waals surface area contributed by atoms with Gasteiger partial charge in [0.15, 0.2) is 0 Å². The summed E-state index contributed by atoms with van der Waals surface area (Å²) in [4.78, 5) is 4.50. The number of aryl methyl sites for hydroxylation is 1. The summed E-state index contributed by atoms with van der Waals surface area (Å²) < 4.78 is 0. The molecule has 0 saturated carbocycles. The molecule has 4 N–H and O–H groups in total. The van der Waals surface area contributed by atoms with Crippen LogP contribution in [0.15, 0.2) is 48.7 Å². The van der Waals surface area contributed by atoms with Crippen molar-refractivity contribution in [3.63, 3.8) is 0 Å². The zero-order valence-corrected chi connectivity index (χ0v) is 11.4. The molecule has 0 atom stereocenters. The largest absolute Gasteiger partial charge is 0.399 e. The number of nitrogen functional groups attached to an aromatic ring is 1. The predicted molar refractivity (Wildman–Crippen MR) is 84.2 cm³/mol. The van der Waals surface area contributed by atoms with E-state index >= 15 is 0 Å². The van der Waals surface area contributed by atoms with Crippen LogP contribution in [0.1, 0.15) is 11.3 Å². The van der Waals surface area contributed by atoms with Crippen molar-refractivity contribution in [2.75, 3.05) is 5.73 Å². The Labute approximate surface area is 118 Å². The zero-order valence-electron chi connectivity index (χ0n) is 11.4. The summed E-state index contributed by atoms with van der Waals surface area (Å²) in [6, 6.07) is 14.2. The Morgan fingerprint density at radius 3 is 2.45 bits per heavy atom. The smallest absolute Gasteiger partial charge is 0.0618 e. The third kappa shape index (κ3) is 2.12. The average molecular weight is 263 g/mol. The van der Waals surface area contributed by atoms with Crippen molar-refractivity contribution in [3.8, 4) is 11.1 Å². The number of nitrogens with zero attached hydrogens (tertiary/aromatic N) is 1. The van der Waals surface area contributed by atoms with Gasteiger partial charge in [0.25, 0.3) is 0 Å². The van der Waals surface area contributed by atoms with Crippen LogP contribution in [-0.2, 0) is 6.54 Å². The molecule has 0 saturated heterocycles. The molecule has 0 bridgehead atoms. The van der Waals surface area contributed by atoms with Crippen LogP contribution in [0.5, 0.6) is 0 Å². The van der Waals surface area contributed by atoms with E-state index in [4.69, 9.17) is 11.5 Å². The molecular formula is C17H17N3. The number of fused-ring (bicyclic) bond motifs is 1. The number of aromatic nitrogens is 1. The van der Waals surface area contributed by atoms with Gasteiger partial charge in [0.2, 0.25) is 0 Å². The lowest BCUT2D eigenvalue weighted by molar-refractivity contribution is 1.01. The Bertz CT molecular complexity index is 761. The first-order valence-corrected chi connectivity index (χ1v) is 6.63. The van der Waals surface area contributed by atoms with E-state index in [9.17, 15) is 0 Å². The third-order valence-electron chi connectivity index (χ3n) is 3.54. The van der Waals surface area contributed by atoms with E-state index < -0.39 is 0 Å². The first-order valence-electron chi connectivity index (χ1n) is 6.63. The molecule has 2 aromatic carbocycles. The number of rotatable bonds is 2. The van der Waals surface area contributed by atoms with Gasteiger partial charge in [0.1, 0.15) is 0 Å². The SMILES string of the molecule is Cc1ccc2c(CN)ncc(-c3ccc(N)cc3)c2c1. The number of pyridine rings is 1. The fraction of sp³-hybridized carbons (Fsp3) is 0.118. The fourth-order valence-electron chi connectivity index (χ4n) is 2.47. The molecule has 1 aromatic heterocycles. The van der Waals surface area contributed by atoms with Crippen LogP contribution in [0.2, 0.25) is 0 Å². The van der Waals surface area contributed by atoms with E-state index in [1.165, 1.54) is 10.9 Å². The summed E-state index contributed by atoms with van der Waals surface area (Å²) >= 11 is 0. The van der Waals surface area contributed by atoms with Gasteiger partial charge >= 0.3 is 0 Å². The fourth-order valence-corrected chi connectivity index (χ4v) is 2.47. The number of nitrogens with two attached hydrogens (primary N) is 2. The minimum atomic E-state index is 0.446. The highest BCUT2D eigenvalue weighted by Crippen LogP contribution is 2.30. The molecule has 1 heterocycles. The van der Waals surface area contributed by atoms with Crippen molar-refractivity contribution in [2.45, 2.75) is 13.5 Å². The Morgan fingerprint density at radius 2 is 1.75 bits per heavy atom. The van der Waals surface area contributed by atoms with Gasteiger partial charge in [-0.2, -0.15) is 0 Å². The molecule has 0 unspecified atom stereocenters. The van der Waals surface area contributed by atoms with Crippen LogP contribution in [0.4, 0.5) is 5.69 Å². The van der Waals surface area contributed by atoms with E-state index in [0.717, 1.165) is 27.9 Å². The Kier molecular flexibility index (Phi) is 3.12. The maximum Gasteiger partial charge on any atom is 0.0618 e. The molecule has 0 fully saturated rings. The van der Waals surface area contributed by atoms with Crippen molar-refractivity contribution >= 4 is 16.5 Å². The van der Waals surface area contributed by atoms with E-state index in [2.05, 4.69) is 30.1 Å².